The van der Waals surface area contributed by atoms with Crippen LogP contribution in [0.15, 0.2) is 0 Å². The molecule has 0 N–H and O–H groups in total. The summed E-state index contributed by atoms with van der Waals surface area (Å²) in [4.78, 5) is 0. The zero-order valence-electron chi connectivity index (χ0n) is 12.8. The molecular weight excluding hydrogens is 280 g/mol. The van der Waals surface area contributed by atoms with Crippen LogP contribution in [0.25, 0.3) is 0 Å². The average Bonchev–Trinajstić information content (AvgIpc) is 3.32. The van der Waals surface area contributed by atoms with Crippen molar-refractivity contribution in [2.75, 3.05) is 34.5 Å². The maximum Gasteiger partial charge on any atom is 0.502 e. The Labute approximate surface area is 122 Å². The molecular formula is C13H26O6Si. The SMILES string of the molecule is CCC(OCC1CO1)C1(OC)CCC[Si](OC)(OC)O1. The minimum atomic E-state index is -2.64. The first kappa shape index (κ1) is 16.3. The summed E-state index contributed by atoms with van der Waals surface area (Å²) in [6, 6.07) is 0.813. The molecule has 0 spiro atoms. The van der Waals surface area contributed by atoms with Gasteiger partial charge in [-0.05, 0) is 12.8 Å². The zero-order chi connectivity index (χ0) is 14.6. The highest BCUT2D eigenvalue weighted by Gasteiger charge is 2.55. The van der Waals surface area contributed by atoms with Gasteiger partial charge in [-0.25, -0.2) is 0 Å². The van der Waals surface area contributed by atoms with Crippen molar-refractivity contribution in [3.05, 3.63) is 0 Å². The van der Waals surface area contributed by atoms with Gasteiger partial charge in [0.05, 0.1) is 13.2 Å². The van der Waals surface area contributed by atoms with E-state index in [1.807, 2.05) is 0 Å². The molecule has 2 fully saturated rings. The average molecular weight is 306 g/mol. The van der Waals surface area contributed by atoms with Crippen molar-refractivity contribution in [1.82, 2.24) is 0 Å². The van der Waals surface area contributed by atoms with E-state index in [0.717, 1.165) is 31.9 Å². The van der Waals surface area contributed by atoms with E-state index in [9.17, 15) is 0 Å². The maximum atomic E-state index is 6.22. The van der Waals surface area contributed by atoms with Gasteiger partial charge < -0.3 is 27.5 Å². The summed E-state index contributed by atoms with van der Waals surface area (Å²) < 4.78 is 34.2. The molecule has 6 nitrogen and oxygen atoms in total. The minimum Gasteiger partial charge on any atom is -0.377 e. The first-order chi connectivity index (χ1) is 9.63. The lowest BCUT2D eigenvalue weighted by molar-refractivity contribution is -0.268. The van der Waals surface area contributed by atoms with Gasteiger partial charge in [0.2, 0.25) is 0 Å². The van der Waals surface area contributed by atoms with Crippen LogP contribution < -0.4 is 0 Å². The van der Waals surface area contributed by atoms with E-state index in [2.05, 4.69) is 6.92 Å². The van der Waals surface area contributed by atoms with Gasteiger partial charge in [-0.15, -0.1) is 0 Å². The second kappa shape index (κ2) is 6.82. The third-order valence-corrected chi connectivity index (χ3v) is 6.92. The summed E-state index contributed by atoms with van der Waals surface area (Å²) in [5, 5.41) is 0. The number of epoxide rings is 1. The normalized spacial score (nSPS) is 33.9. The van der Waals surface area contributed by atoms with Crippen molar-refractivity contribution in [2.45, 2.75) is 50.2 Å². The summed E-state index contributed by atoms with van der Waals surface area (Å²) in [6.45, 7) is 3.44. The molecule has 20 heavy (non-hydrogen) atoms. The maximum absolute atomic E-state index is 6.22. The van der Waals surface area contributed by atoms with Crippen molar-refractivity contribution in [3.63, 3.8) is 0 Å². The zero-order valence-corrected chi connectivity index (χ0v) is 13.8. The topological polar surface area (TPSA) is 58.7 Å². The Balaban J connectivity index is 2.08. The highest BCUT2D eigenvalue weighted by atomic mass is 28.4. The third-order valence-electron chi connectivity index (χ3n) is 4.05. The predicted octanol–water partition coefficient (Wildman–Crippen LogP) is 1.57. The molecule has 2 saturated heterocycles. The quantitative estimate of drug-likeness (QED) is 0.501. The van der Waals surface area contributed by atoms with E-state index in [4.69, 9.17) is 27.5 Å². The predicted molar refractivity (Wildman–Crippen MR) is 74.4 cm³/mol. The molecule has 0 aromatic rings. The molecule has 7 heteroatoms. The number of rotatable bonds is 8. The first-order valence-corrected chi connectivity index (χ1v) is 9.15. The van der Waals surface area contributed by atoms with Crippen molar-refractivity contribution in [2.24, 2.45) is 0 Å². The van der Waals surface area contributed by atoms with Crippen molar-refractivity contribution in [3.8, 4) is 0 Å². The van der Waals surface area contributed by atoms with Crippen LogP contribution in [-0.2, 0) is 27.5 Å². The van der Waals surface area contributed by atoms with Crippen LogP contribution in [0.3, 0.4) is 0 Å². The number of hydrogen-bond acceptors (Lipinski definition) is 6. The molecule has 118 valence electrons. The van der Waals surface area contributed by atoms with E-state index in [1.165, 1.54) is 0 Å². The summed E-state index contributed by atoms with van der Waals surface area (Å²) in [6.07, 6.45) is 2.62. The van der Waals surface area contributed by atoms with E-state index < -0.39 is 14.6 Å². The molecule has 2 heterocycles. The lowest BCUT2D eigenvalue weighted by atomic mass is 10.0. The first-order valence-electron chi connectivity index (χ1n) is 7.22. The fourth-order valence-corrected chi connectivity index (χ4v) is 5.03. The van der Waals surface area contributed by atoms with Crippen molar-refractivity contribution >= 4 is 8.80 Å². The second-order valence-corrected chi connectivity index (χ2v) is 8.14. The Morgan fingerprint density at radius 3 is 2.50 bits per heavy atom. The smallest absolute Gasteiger partial charge is 0.377 e. The fourth-order valence-electron chi connectivity index (χ4n) is 2.73. The fraction of sp³-hybridized carbons (Fsp3) is 1.00. The molecule has 0 radical (unpaired) electrons. The van der Waals surface area contributed by atoms with Crippen molar-refractivity contribution < 1.29 is 27.5 Å². The van der Waals surface area contributed by atoms with E-state index in [1.54, 1.807) is 21.3 Å². The highest BCUT2D eigenvalue weighted by molar-refractivity contribution is 6.60. The Bertz CT molecular complexity index is 307. The van der Waals surface area contributed by atoms with Crippen molar-refractivity contribution in [1.29, 1.82) is 0 Å². The molecule has 2 aliphatic rings. The molecule has 0 saturated carbocycles. The Kier molecular flexibility index (Phi) is 5.58. The summed E-state index contributed by atoms with van der Waals surface area (Å²) >= 11 is 0. The van der Waals surface area contributed by atoms with Crippen LogP contribution in [0.2, 0.25) is 6.04 Å². The van der Waals surface area contributed by atoms with Crippen LogP contribution in [-0.4, -0.2) is 61.3 Å². The summed E-state index contributed by atoms with van der Waals surface area (Å²) in [5.41, 5.74) is 0. The van der Waals surface area contributed by atoms with Crippen LogP contribution >= 0.6 is 0 Å². The van der Waals surface area contributed by atoms with Gasteiger partial charge >= 0.3 is 8.80 Å². The largest absolute Gasteiger partial charge is 0.502 e. The van der Waals surface area contributed by atoms with Gasteiger partial charge in [0.25, 0.3) is 0 Å². The lowest BCUT2D eigenvalue weighted by Crippen LogP contribution is -2.61. The van der Waals surface area contributed by atoms with Gasteiger partial charge in [0.15, 0.2) is 5.79 Å². The summed E-state index contributed by atoms with van der Waals surface area (Å²) in [7, 11) is 2.30. The number of methoxy groups -OCH3 is 1. The minimum absolute atomic E-state index is 0.144. The van der Waals surface area contributed by atoms with Gasteiger partial charge in [0.1, 0.15) is 12.2 Å². The van der Waals surface area contributed by atoms with Crippen LogP contribution in [0.4, 0.5) is 0 Å². The number of hydrogen-bond donors (Lipinski definition) is 0. The van der Waals surface area contributed by atoms with Gasteiger partial charge in [-0.2, -0.15) is 0 Å². The lowest BCUT2D eigenvalue weighted by Gasteiger charge is -2.46. The molecule has 3 atom stereocenters. The molecule has 0 aromatic carbocycles. The molecule has 2 rings (SSSR count). The number of ether oxygens (including phenoxy) is 3. The van der Waals surface area contributed by atoms with Gasteiger partial charge in [0, 0.05) is 33.8 Å². The molecule has 0 bridgehead atoms. The highest BCUT2D eigenvalue weighted by Crippen LogP contribution is 2.39. The Morgan fingerprint density at radius 2 is 2.00 bits per heavy atom. The van der Waals surface area contributed by atoms with Gasteiger partial charge in [-0.3, -0.25) is 0 Å². The van der Waals surface area contributed by atoms with Crippen LogP contribution in [0.5, 0.6) is 0 Å². The monoisotopic (exact) mass is 306 g/mol. The summed E-state index contributed by atoms with van der Waals surface area (Å²) in [5.74, 6) is -0.778. The molecule has 0 aromatic heterocycles. The van der Waals surface area contributed by atoms with Crippen LogP contribution in [0.1, 0.15) is 26.2 Å². The Hall–Kier alpha value is -0.0231. The Morgan fingerprint density at radius 1 is 1.30 bits per heavy atom. The van der Waals surface area contributed by atoms with E-state index in [0.29, 0.717) is 6.61 Å². The van der Waals surface area contributed by atoms with Crippen LogP contribution in [0, 0.1) is 0 Å². The third kappa shape index (κ3) is 3.41. The standard InChI is InChI=1S/C13H26O6Si/c1-5-12(18-10-11-9-17-11)13(14-2)7-6-8-20(15-3,16-4)19-13/h11-12H,5-10H2,1-4H3. The molecule has 3 unspecified atom stereocenters. The van der Waals surface area contributed by atoms with E-state index >= 15 is 0 Å². The molecule has 2 aliphatic heterocycles. The second-order valence-electron chi connectivity index (χ2n) is 5.25. The van der Waals surface area contributed by atoms with Gasteiger partial charge in [-0.1, -0.05) is 6.92 Å². The molecule has 0 amide bonds. The van der Waals surface area contributed by atoms with E-state index in [-0.39, 0.29) is 12.2 Å². The molecule has 0 aliphatic carbocycles.